The van der Waals surface area contributed by atoms with Gasteiger partial charge in [0.15, 0.2) is 17.7 Å². The maximum atomic E-state index is 12.6. The summed E-state index contributed by atoms with van der Waals surface area (Å²) in [4.78, 5) is 22.9. The van der Waals surface area contributed by atoms with E-state index in [1.807, 2.05) is 0 Å². The smallest absolute Gasteiger partial charge is 0.332 e. The molecule has 1 spiro atoms. The van der Waals surface area contributed by atoms with Crippen LogP contribution in [0.1, 0.15) is 33.3 Å². The van der Waals surface area contributed by atoms with Crippen LogP contribution in [-0.2, 0) is 44.6 Å². The van der Waals surface area contributed by atoms with Crippen LogP contribution in [0.4, 0.5) is 5.69 Å². The van der Waals surface area contributed by atoms with Crippen LogP contribution in [0.15, 0.2) is 24.3 Å². The summed E-state index contributed by atoms with van der Waals surface area (Å²) in [5.74, 6) is -3.74. The molecule has 0 aliphatic carbocycles. The normalized spacial score (nSPS) is 32.6. The molecule has 4 atom stereocenters. The second kappa shape index (κ2) is 8.32. The molecule has 4 rings (SSSR count). The van der Waals surface area contributed by atoms with Gasteiger partial charge in [-0.2, -0.15) is 0 Å². The summed E-state index contributed by atoms with van der Waals surface area (Å²) in [6.07, 6.45) is -1.96. The first kappa shape index (κ1) is 23.0. The van der Waals surface area contributed by atoms with Gasteiger partial charge >= 0.3 is 5.97 Å². The highest BCUT2D eigenvalue weighted by molar-refractivity contribution is 5.71. The lowest BCUT2D eigenvalue weighted by atomic mass is 9.97. The highest BCUT2D eigenvalue weighted by atomic mass is 16.9. The van der Waals surface area contributed by atoms with Crippen molar-refractivity contribution in [1.82, 2.24) is 0 Å². The van der Waals surface area contributed by atoms with Gasteiger partial charge in [-0.15, -0.1) is 0 Å². The molecule has 0 saturated carbocycles. The van der Waals surface area contributed by atoms with Gasteiger partial charge in [-0.05, 0) is 45.4 Å². The first-order valence-electron chi connectivity index (χ1n) is 10.3. The minimum Gasteiger partial charge on any atom is -0.452 e. The van der Waals surface area contributed by atoms with E-state index in [0.717, 1.165) is 0 Å². The molecule has 0 amide bonds. The molecule has 3 aliphatic rings. The molecule has 3 fully saturated rings. The molecular weight excluding hydrogens is 426 g/mol. The maximum absolute atomic E-state index is 12.6. The number of nitro benzene ring substituents is 1. The third-order valence-electron chi connectivity index (χ3n) is 5.38. The molecule has 0 unspecified atom stereocenters. The number of esters is 1. The van der Waals surface area contributed by atoms with E-state index >= 15 is 0 Å². The summed E-state index contributed by atoms with van der Waals surface area (Å²) in [6, 6.07) is 5.88. The van der Waals surface area contributed by atoms with Crippen molar-refractivity contribution in [3.8, 4) is 0 Å². The molecule has 3 saturated heterocycles. The fraction of sp³-hybridized carbons (Fsp3) is 0.667. The van der Waals surface area contributed by atoms with Crippen LogP contribution in [0.25, 0.3) is 0 Å². The van der Waals surface area contributed by atoms with Crippen LogP contribution >= 0.6 is 0 Å². The first-order chi connectivity index (χ1) is 15.0. The van der Waals surface area contributed by atoms with E-state index in [-0.39, 0.29) is 32.1 Å². The van der Waals surface area contributed by atoms with Gasteiger partial charge in [-0.3, -0.25) is 10.1 Å². The van der Waals surface area contributed by atoms with Crippen LogP contribution in [0.5, 0.6) is 0 Å². The Morgan fingerprint density at radius 1 is 1.12 bits per heavy atom. The van der Waals surface area contributed by atoms with Crippen molar-refractivity contribution in [3.63, 3.8) is 0 Å². The minimum atomic E-state index is -1.32. The van der Waals surface area contributed by atoms with E-state index in [2.05, 4.69) is 0 Å². The molecule has 0 N–H and O–H groups in total. The average molecular weight is 453 g/mol. The van der Waals surface area contributed by atoms with E-state index in [1.54, 1.807) is 39.8 Å². The van der Waals surface area contributed by atoms with Crippen LogP contribution in [-0.4, -0.2) is 66.4 Å². The molecule has 0 bridgehead atoms. The Morgan fingerprint density at radius 3 is 2.47 bits per heavy atom. The lowest BCUT2D eigenvalue weighted by Gasteiger charge is -2.43. The topological polar surface area (TPSA) is 125 Å². The molecule has 176 valence electrons. The Kier molecular flexibility index (Phi) is 5.99. The fourth-order valence-corrected chi connectivity index (χ4v) is 4.06. The number of fused-ring (bicyclic) bond motifs is 1. The van der Waals surface area contributed by atoms with Crippen molar-refractivity contribution in [3.05, 3.63) is 39.9 Å². The number of hydrogen-bond donors (Lipinski definition) is 0. The quantitative estimate of drug-likeness (QED) is 0.359. The first-order valence-corrected chi connectivity index (χ1v) is 10.3. The zero-order valence-corrected chi connectivity index (χ0v) is 18.4. The molecule has 32 heavy (non-hydrogen) atoms. The van der Waals surface area contributed by atoms with Crippen molar-refractivity contribution in [1.29, 1.82) is 0 Å². The van der Waals surface area contributed by atoms with E-state index in [4.69, 9.17) is 33.2 Å². The predicted molar refractivity (Wildman–Crippen MR) is 106 cm³/mol. The number of non-ortho nitro benzene ring substituents is 1. The average Bonchev–Trinajstić information content (AvgIpc) is 3.20. The third-order valence-corrected chi connectivity index (χ3v) is 5.38. The molecule has 0 radical (unpaired) electrons. The molecule has 0 aromatic heterocycles. The maximum Gasteiger partial charge on any atom is 0.332 e. The molecule has 3 aliphatic heterocycles. The van der Waals surface area contributed by atoms with Gasteiger partial charge in [0.1, 0.15) is 25.4 Å². The highest BCUT2D eigenvalue weighted by Crippen LogP contribution is 2.45. The van der Waals surface area contributed by atoms with Gasteiger partial charge in [0.2, 0.25) is 5.79 Å². The van der Waals surface area contributed by atoms with Crippen LogP contribution in [0, 0.1) is 10.1 Å². The van der Waals surface area contributed by atoms with Crippen LogP contribution in [0.2, 0.25) is 0 Å². The summed E-state index contributed by atoms with van der Waals surface area (Å²) in [5.41, 5.74) is 0.665. The van der Waals surface area contributed by atoms with E-state index in [9.17, 15) is 14.9 Å². The number of ether oxygens (including phenoxy) is 7. The van der Waals surface area contributed by atoms with Gasteiger partial charge in [0.05, 0.1) is 18.1 Å². The number of carbonyl (C=O) groups is 1. The van der Waals surface area contributed by atoms with Gasteiger partial charge < -0.3 is 33.2 Å². The largest absolute Gasteiger partial charge is 0.452 e. The summed E-state index contributed by atoms with van der Waals surface area (Å²) >= 11 is 0. The Bertz CT molecular complexity index is 868. The standard InChI is InChI=1S/C21H27NO10/c1-19(2)28-12-21(32-19)18(17-15(10-27-21)30-20(3,4)31-17)29-16(23)11-26-9-13-5-7-14(8-6-13)22(24)25/h5-8,15,17-18H,9-12H2,1-4H3/t15-,17-,18+,21+/m1/s1. The summed E-state index contributed by atoms with van der Waals surface area (Å²) in [6.45, 7) is 7.08. The van der Waals surface area contributed by atoms with Crippen LogP contribution < -0.4 is 0 Å². The minimum absolute atomic E-state index is 0.0197. The van der Waals surface area contributed by atoms with E-state index in [1.165, 1.54) is 12.1 Å². The predicted octanol–water partition coefficient (Wildman–Crippen LogP) is 2.05. The number of nitrogens with zero attached hydrogens (tertiary/aromatic N) is 1. The van der Waals surface area contributed by atoms with Crippen molar-refractivity contribution >= 4 is 11.7 Å². The fourth-order valence-electron chi connectivity index (χ4n) is 4.06. The lowest BCUT2D eigenvalue weighted by Crippen LogP contribution is -2.63. The Morgan fingerprint density at radius 2 is 1.84 bits per heavy atom. The molecule has 1 aromatic rings. The van der Waals surface area contributed by atoms with Gasteiger partial charge in [-0.1, -0.05) is 0 Å². The summed E-state index contributed by atoms with van der Waals surface area (Å²) < 4.78 is 40.7. The zero-order valence-electron chi connectivity index (χ0n) is 18.4. The summed E-state index contributed by atoms with van der Waals surface area (Å²) in [7, 11) is 0. The number of hydrogen-bond acceptors (Lipinski definition) is 10. The number of nitro groups is 1. The van der Waals surface area contributed by atoms with Crippen molar-refractivity contribution < 1.29 is 42.9 Å². The van der Waals surface area contributed by atoms with Crippen molar-refractivity contribution in [2.24, 2.45) is 0 Å². The molecule has 1 aromatic carbocycles. The Labute approximate surface area is 184 Å². The Hall–Kier alpha value is -2.15. The van der Waals surface area contributed by atoms with E-state index in [0.29, 0.717) is 5.56 Å². The molecule has 11 heteroatoms. The van der Waals surface area contributed by atoms with E-state index < -0.39 is 46.6 Å². The second-order valence-corrected chi connectivity index (χ2v) is 8.88. The highest BCUT2D eigenvalue weighted by Gasteiger charge is 2.64. The monoisotopic (exact) mass is 453 g/mol. The second-order valence-electron chi connectivity index (χ2n) is 8.88. The Balaban J connectivity index is 1.40. The van der Waals surface area contributed by atoms with Gasteiger partial charge in [-0.25, -0.2) is 4.79 Å². The molecule has 11 nitrogen and oxygen atoms in total. The SMILES string of the molecule is CC1(C)O[C@@H]2[C@@H](CO[C@]3(COC(C)(C)O3)[C@H]2OC(=O)COCc2ccc([N+](=O)[O-])cc2)O1. The zero-order chi connectivity index (χ0) is 23.1. The lowest BCUT2D eigenvalue weighted by molar-refractivity contribution is -0.384. The number of rotatable bonds is 6. The van der Waals surface area contributed by atoms with Gasteiger partial charge in [0.25, 0.3) is 5.69 Å². The van der Waals surface area contributed by atoms with Gasteiger partial charge in [0, 0.05) is 12.1 Å². The molecular formula is C21H27NO10. The van der Waals surface area contributed by atoms with Crippen LogP contribution in [0.3, 0.4) is 0 Å². The number of carbonyl (C=O) groups excluding carboxylic acids is 1. The van der Waals surface area contributed by atoms with Crippen molar-refractivity contribution in [2.75, 3.05) is 19.8 Å². The van der Waals surface area contributed by atoms with Crippen molar-refractivity contribution in [2.45, 2.75) is 70.0 Å². The third kappa shape index (κ3) is 4.77. The number of benzene rings is 1. The summed E-state index contributed by atoms with van der Waals surface area (Å²) in [5, 5.41) is 10.7. The molecule has 3 heterocycles.